The Balaban J connectivity index is 0.00000256. The quantitative estimate of drug-likeness (QED) is 0.149. The predicted octanol–water partition coefficient (Wildman–Crippen LogP) is 10.8. The van der Waals surface area contributed by atoms with E-state index in [1.807, 2.05) is 36.4 Å². The maximum atomic E-state index is 5.53. The molecule has 0 saturated carbocycles. The van der Waals surface area contributed by atoms with Crippen LogP contribution in [-0.2, 0) is 21.7 Å². The zero-order valence-corrected chi connectivity index (χ0v) is 34.6. The molecule has 58 heavy (non-hydrogen) atoms. The van der Waals surface area contributed by atoms with Crippen molar-refractivity contribution in [2.45, 2.75) is 105 Å². The van der Waals surface area contributed by atoms with E-state index in [-0.39, 0.29) is 59.4 Å². The Morgan fingerprint density at radius 2 is 0.586 bits per heavy atom. The Labute approximate surface area is 365 Å². The summed E-state index contributed by atoms with van der Waals surface area (Å²) in [5.41, 5.74) is 10.9. The van der Waals surface area contributed by atoms with Crippen LogP contribution in [0.2, 0.25) is 0 Å². The van der Waals surface area contributed by atoms with Crippen molar-refractivity contribution in [3.05, 3.63) is 95.1 Å². The first kappa shape index (κ1) is 41.6. The van der Waals surface area contributed by atoms with Gasteiger partial charge in [-0.1, -0.05) is 156 Å². The van der Waals surface area contributed by atoms with Gasteiger partial charge < -0.3 is 9.97 Å². The summed E-state index contributed by atoms with van der Waals surface area (Å²) in [6, 6.07) is 24.6. The minimum atomic E-state index is -0.259. The summed E-state index contributed by atoms with van der Waals surface area (Å²) in [7, 11) is 0. The van der Waals surface area contributed by atoms with Gasteiger partial charge in [0.15, 0.2) is 23.3 Å². The average Bonchev–Trinajstić information content (AvgIpc) is 3.84. The number of aromatic amines is 2. The Bertz CT molecular complexity index is 2770. The van der Waals surface area contributed by atoms with Crippen molar-refractivity contribution in [3.8, 4) is 45.6 Å². The number of fused-ring (bicyclic) bond motifs is 20. The van der Waals surface area contributed by atoms with E-state index in [0.717, 1.165) is 55.1 Å². The van der Waals surface area contributed by atoms with Crippen LogP contribution < -0.4 is 0 Å². The molecule has 0 atom stereocenters. The molecule has 7 aromatic rings. The van der Waals surface area contributed by atoms with Crippen molar-refractivity contribution in [1.29, 1.82) is 0 Å². The summed E-state index contributed by atoms with van der Waals surface area (Å²) >= 11 is 0. The van der Waals surface area contributed by atoms with Crippen LogP contribution in [0.4, 0.5) is 0 Å². The third kappa shape index (κ3) is 6.63. The van der Waals surface area contributed by atoms with Gasteiger partial charge in [-0.15, -0.1) is 0 Å². The monoisotopic (exact) mass is 754 g/mol. The molecule has 0 radical (unpaired) electrons. The van der Waals surface area contributed by atoms with Crippen molar-refractivity contribution in [2.75, 3.05) is 0 Å². The SMILES string of the molecule is CC(C)(C)c1c(C(C)(C)C)c(C(C)(C)C)c2c3nc4nc(nc5[nH]c(nc6nc(nc([nH]3)c2c1C(C)(C)C)-c1ccccc1-6)c1ccccc51)-c1ccccc1-4.[LiH].[LiH]. The fourth-order valence-corrected chi connectivity index (χ4v) is 8.90. The molecule has 0 spiro atoms. The van der Waals surface area contributed by atoms with E-state index in [0.29, 0.717) is 34.6 Å². The summed E-state index contributed by atoms with van der Waals surface area (Å²) in [5, 5.41) is 4.06. The number of rotatable bonds is 0. The van der Waals surface area contributed by atoms with Gasteiger partial charge in [-0.05, 0) is 43.9 Å². The third-order valence-electron chi connectivity index (χ3n) is 11.0. The molecule has 2 N–H and O–H groups in total. The first-order valence-corrected chi connectivity index (χ1v) is 19.7. The molecule has 9 rings (SSSR count). The van der Waals surface area contributed by atoms with E-state index in [1.54, 1.807) is 0 Å². The van der Waals surface area contributed by atoms with Crippen LogP contribution in [0, 0.1) is 0 Å². The topological polar surface area (TPSA) is 109 Å². The molecule has 2 aliphatic rings. The zero-order valence-electron chi connectivity index (χ0n) is 34.6. The summed E-state index contributed by atoms with van der Waals surface area (Å²) in [6.45, 7) is 28.0. The standard InChI is InChI=1S/C48H50N8.2Li.2H/c1-45(2,3)33-31-32(34(46(4,5)6)36(48(10,11)12)35(33)47(7,8)9)44-55-42-30-24-18-16-22-28(30)40(53-42)51-38-26-20-14-13-19-25(26)37(49-38)50-39-27-21-15-17-23-29(27)41(52-39)54-43(31)56-44;;;;/h13-24H,1-12H3,(H2,49,50,51,52,53,54,55,56);;;;. The molecule has 10 heteroatoms. The van der Waals surface area contributed by atoms with Crippen LogP contribution in [0.15, 0.2) is 72.8 Å². The van der Waals surface area contributed by atoms with Gasteiger partial charge >= 0.3 is 37.7 Å². The van der Waals surface area contributed by atoms with E-state index in [1.165, 1.54) is 22.3 Å². The number of hydrogen-bond acceptors (Lipinski definition) is 6. The van der Waals surface area contributed by atoms with Gasteiger partial charge in [0.25, 0.3) is 0 Å². The second-order valence-corrected chi connectivity index (χ2v) is 19.5. The number of benzene rings is 4. The molecule has 0 aliphatic carbocycles. The summed E-state index contributed by atoms with van der Waals surface area (Å²) in [4.78, 5) is 39.2. The molecule has 0 saturated heterocycles. The molecule has 2 aliphatic heterocycles. The van der Waals surface area contributed by atoms with Crippen LogP contribution in [0.1, 0.15) is 105 Å². The third-order valence-corrected chi connectivity index (χ3v) is 11.0. The van der Waals surface area contributed by atoms with Crippen LogP contribution in [0.3, 0.4) is 0 Å². The Hall–Kier alpha value is -4.57. The van der Waals surface area contributed by atoms with E-state index < -0.39 is 0 Å². The van der Waals surface area contributed by atoms with E-state index >= 15 is 0 Å². The van der Waals surface area contributed by atoms with Crippen molar-refractivity contribution in [3.63, 3.8) is 0 Å². The van der Waals surface area contributed by atoms with Gasteiger partial charge in [-0.3, -0.25) is 0 Å². The number of H-pyrrole nitrogens is 2. The zero-order chi connectivity index (χ0) is 39.7. The fourth-order valence-electron chi connectivity index (χ4n) is 8.90. The van der Waals surface area contributed by atoms with Gasteiger partial charge in [0.2, 0.25) is 0 Å². The second-order valence-electron chi connectivity index (χ2n) is 19.5. The Morgan fingerprint density at radius 3 is 0.879 bits per heavy atom. The molecule has 286 valence electrons. The summed E-state index contributed by atoms with van der Waals surface area (Å²) in [6.07, 6.45) is 0. The van der Waals surface area contributed by atoms with Crippen LogP contribution in [0.5, 0.6) is 0 Å². The molecule has 4 aromatic carbocycles. The summed E-state index contributed by atoms with van der Waals surface area (Å²) < 4.78 is 0. The summed E-state index contributed by atoms with van der Waals surface area (Å²) in [5.74, 6) is 2.41. The number of nitrogens with one attached hydrogen (secondary N) is 2. The molecular formula is C48H52Li2N8. The van der Waals surface area contributed by atoms with Gasteiger partial charge in [0, 0.05) is 43.8 Å². The van der Waals surface area contributed by atoms with Crippen LogP contribution in [0.25, 0.3) is 89.7 Å². The first-order chi connectivity index (χ1) is 26.3. The molecule has 0 unspecified atom stereocenters. The molecule has 0 fully saturated rings. The van der Waals surface area contributed by atoms with Gasteiger partial charge in [0.05, 0.1) is 0 Å². The van der Waals surface area contributed by atoms with Crippen LogP contribution >= 0.6 is 0 Å². The van der Waals surface area contributed by atoms with E-state index in [2.05, 4.69) is 129 Å². The fraction of sp³-hybridized carbons (Fsp3) is 0.333. The second kappa shape index (κ2) is 14.0. The average molecular weight is 755 g/mol. The van der Waals surface area contributed by atoms with E-state index in [9.17, 15) is 0 Å². The molecule has 0 amide bonds. The van der Waals surface area contributed by atoms with Gasteiger partial charge in [-0.2, -0.15) is 0 Å². The molecule has 8 nitrogen and oxygen atoms in total. The van der Waals surface area contributed by atoms with Gasteiger partial charge in [-0.25, -0.2) is 29.9 Å². The number of nitrogens with zero attached hydrogens (tertiary/aromatic N) is 6. The number of hydrogen-bond donors (Lipinski definition) is 2. The minimum absolute atomic E-state index is 0. The molecule has 8 bridgehead atoms. The molecular weight excluding hydrogens is 702 g/mol. The normalized spacial score (nSPS) is 12.9. The Kier molecular flexibility index (Phi) is 10.1. The van der Waals surface area contributed by atoms with Crippen LogP contribution in [-0.4, -0.2) is 77.6 Å². The molecule has 5 heterocycles. The first-order valence-electron chi connectivity index (χ1n) is 19.7. The van der Waals surface area contributed by atoms with Crippen molar-refractivity contribution >= 4 is 81.9 Å². The predicted molar refractivity (Wildman–Crippen MR) is 245 cm³/mol. The molecule has 3 aromatic heterocycles. The van der Waals surface area contributed by atoms with Crippen molar-refractivity contribution < 1.29 is 0 Å². The van der Waals surface area contributed by atoms with Gasteiger partial charge in [0.1, 0.15) is 22.6 Å². The van der Waals surface area contributed by atoms with E-state index in [4.69, 9.17) is 29.9 Å². The van der Waals surface area contributed by atoms with Crippen molar-refractivity contribution in [2.24, 2.45) is 0 Å². The van der Waals surface area contributed by atoms with Crippen molar-refractivity contribution in [1.82, 2.24) is 39.9 Å². The Morgan fingerprint density at radius 1 is 0.328 bits per heavy atom. The number of aromatic nitrogens is 8. The maximum absolute atomic E-state index is 5.53.